The molecule has 0 saturated carbocycles. The molecule has 0 spiro atoms. The Kier molecular flexibility index (Phi) is 7.28. The standard InChI is InChI=1S/C28H35N3O4/c1-28(2,3)21-9-5-19(6-10-21)24-23(25(32)20-7-11-22(35-4)12-8-20)26(33)27(34)31(24)18-17-30-15-13-29-14-16-30/h5-12,24,29,32H,13-18H2,1-4H3/t24-/m1/s1. The van der Waals surface area contributed by atoms with Crippen molar-refractivity contribution in [1.82, 2.24) is 15.1 Å². The molecule has 2 fully saturated rings. The van der Waals surface area contributed by atoms with Crippen molar-refractivity contribution >= 4 is 17.4 Å². The van der Waals surface area contributed by atoms with Gasteiger partial charge >= 0.3 is 0 Å². The van der Waals surface area contributed by atoms with Crippen LogP contribution in [0.1, 0.15) is 43.5 Å². The minimum absolute atomic E-state index is 0.0221. The summed E-state index contributed by atoms with van der Waals surface area (Å²) in [7, 11) is 1.57. The highest BCUT2D eigenvalue weighted by Gasteiger charge is 2.46. The number of Topliss-reactive ketones (excluding diaryl/α,β-unsaturated/α-hetero) is 1. The van der Waals surface area contributed by atoms with E-state index in [0.29, 0.717) is 24.4 Å². The Morgan fingerprint density at radius 3 is 2.20 bits per heavy atom. The van der Waals surface area contributed by atoms with Crippen molar-refractivity contribution in [2.45, 2.75) is 32.2 Å². The summed E-state index contributed by atoms with van der Waals surface area (Å²) in [5.74, 6) is -0.739. The molecule has 0 radical (unpaired) electrons. The average molecular weight is 478 g/mol. The monoisotopic (exact) mass is 477 g/mol. The van der Waals surface area contributed by atoms with Gasteiger partial charge < -0.3 is 20.1 Å². The van der Waals surface area contributed by atoms with Gasteiger partial charge in [-0.2, -0.15) is 0 Å². The van der Waals surface area contributed by atoms with Crippen LogP contribution in [0, 0.1) is 0 Å². The molecule has 1 amide bonds. The molecule has 2 N–H and O–H groups in total. The minimum Gasteiger partial charge on any atom is -0.507 e. The van der Waals surface area contributed by atoms with Crippen LogP contribution in [0.4, 0.5) is 0 Å². The van der Waals surface area contributed by atoms with Crippen LogP contribution in [0.2, 0.25) is 0 Å². The molecule has 35 heavy (non-hydrogen) atoms. The van der Waals surface area contributed by atoms with Crippen LogP contribution in [0.5, 0.6) is 5.75 Å². The molecule has 2 saturated heterocycles. The van der Waals surface area contributed by atoms with Crippen molar-refractivity contribution in [2.75, 3.05) is 46.4 Å². The molecule has 2 heterocycles. The number of nitrogens with zero attached hydrogens (tertiary/aromatic N) is 2. The maximum Gasteiger partial charge on any atom is 0.295 e. The van der Waals surface area contributed by atoms with E-state index in [2.05, 4.69) is 31.0 Å². The summed E-state index contributed by atoms with van der Waals surface area (Å²) in [6, 6.07) is 14.2. The molecule has 186 valence electrons. The molecule has 2 aromatic rings. The van der Waals surface area contributed by atoms with Crippen LogP contribution >= 0.6 is 0 Å². The minimum atomic E-state index is -0.650. The molecule has 0 aromatic heterocycles. The third-order valence-electron chi connectivity index (χ3n) is 6.86. The Morgan fingerprint density at radius 2 is 1.63 bits per heavy atom. The molecule has 0 aliphatic carbocycles. The van der Waals surface area contributed by atoms with Gasteiger partial charge in [-0.05, 0) is 40.8 Å². The highest BCUT2D eigenvalue weighted by Crippen LogP contribution is 2.40. The summed E-state index contributed by atoms with van der Waals surface area (Å²) in [4.78, 5) is 30.4. The molecular weight excluding hydrogens is 442 g/mol. The van der Waals surface area contributed by atoms with Crippen molar-refractivity contribution in [3.05, 3.63) is 70.8 Å². The highest BCUT2D eigenvalue weighted by molar-refractivity contribution is 6.46. The zero-order chi connectivity index (χ0) is 25.2. The Morgan fingerprint density at radius 1 is 1.00 bits per heavy atom. The molecule has 0 unspecified atom stereocenters. The number of aliphatic hydroxyl groups excluding tert-OH is 1. The predicted octanol–water partition coefficient (Wildman–Crippen LogP) is 3.32. The molecule has 2 aliphatic heterocycles. The lowest BCUT2D eigenvalue weighted by Crippen LogP contribution is -2.46. The van der Waals surface area contributed by atoms with Crippen LogP contribution in [-0.4, -0.2) is 73.0 Å². The number of carbonyl (C=O) groups excluding carboxylic acids is 2. The van der Waals surface area contributed by atoms with E-state index in [4.69, 9.17) is 4.74 Å². The lowest BCUT2D eigenvalue weighted by molar-refractivity contribution is -0.140. The molecular formula is C28H35N3O4. The zero-order valence-electron chi connectivity index (χ0n) is 21.0. The number of carbonyl (C=O) groups is 2. The highest BCUT2D eigenvalue weighted by atomic mass is 16.5. The van der Waals surface area contributed by atoms with E-state index in [1.54, 1.807) is 36.3 Å². The van der Waals surface area contributed by atoms with Gasteiger partial charge in [0.2, 0.25) is 0 Å². The second-order valence-electron chi connectivity index (χ2n) is 10.2. The van der Waals surface area contributed by atoms with E-state index >= 15 is 0 Å². The number of hydrogen-bond donors (Lipinski definition) is 2. The van der Waals surface area contributed by atoms with Crippen LogP contribution in [-0.2, 0) is 15.0 Å². The number of amides is 1. The van der Waals surface area contributed by atoms with Crippen LogP contribution in [0.25, 0.3) is 5.76 Å². The number of nitrogens with one attached hydrogen (secondary N) is 1. The molecule has 7 nitrogen and oxygen atoms in total. The summed E-state index contributed by atoms with van der Waals surface area (Å²) in [5.41, 5.74) is 2.55. The quantitative estimate of drug-likeness (QED) is 0.377. The van der Waals surface area contributed by atoms with Gasteiger partial charge in [0.15, 0.2) is 0 Å². The Labute approximate surface area is 207 Å². The molecule has 2 aliphatic rings. The van der Waals surface area contributed by atoms with E-state index in [9.17, 15) is 14.7 Å². The number of benzene rings is 2. The number of rotatable bonds is 6. The Hall–Kier alpha value is -3.16. The summed E-state index contributed by atoms with van der Waals surface area (Å²) in [6.45, 7) is 11.1. The third-order valence-corrected chi connectivity index (χ3v) is 6.86. The van der Waals surface area contributed by atoms with Gasteiger partial charge in [0.05, 0.1) is 18.7 Å². The molecule has 7 heteroatoms. The smallest absolute Gasteiger partial charge is 0.295 e. The topological polar surface area (TPSA) is 82.1 Å². The number of ether oxygens (including phenoxy) is 1. The number of hydrogen-bond acceptors (Lipinski definition) is 6. The van der Waals surface area contributed by atoms with Crippen molar-refractivity contribution in [3.8, 4) is 5.75 Å². The number of piperazine rings is 1. The van der Waals surface area contributed by atoms with Crippen molar-refractivity contribution in [1.29, 1.82) is 0 Å². The fourth-order valence-electron chi connectivity index (χ4n) is 4.71. The van der Waals surface area contributed by atoms with E-state index in [0.717, 1.165) is 37.3 Å². The Bertz CT molecular complexity index is 1090. The van der Waals surface area contributed by atoms with Crippen LogP contribution in [0.15, 0.2) is 54.1 Å². The number of likely N-dealkylation sites (tertiary alicyclic amines) is 1. The molecule has 0 bridgehead atoms. The maximum atomic E-state index is 13.3. The van der Waals surface area contributed by atoms with Gasteiger partial charge in [-0.25, -0.2) is 0 Å². The summed E-state index contributed by atoms with van der Waals surface area (Å²) in [5, 5.41) is 14.6. The summed E-state index contributed by atoms with van der Waals surface area (Å²) >= 11 is 0. The van der Waals surface area contributed by atoms with Gasteiger partial charge in [0, 0.05) is 44.8 Å². The van der Waals surface area contributed by atoms with Crippen molar-refractivity contribution < 1.29 is 19.4 Å². The number of aliphatic hydroxyl groups is 1. The summed E-state index contributed by atoms with van der Waals surface area (Å²) in [6.07, 6.45) is 0. The van der Waals surface area contributed by atoms with E-state index in [-0.39, 0.29) is 16.7 Å². The normalized spacial score (nSPS) is 20.9. The van der Waals surface area contributed by atoms with Crippen molar-refractivity contribution in [3.63, 3.8) is 0 Å². The largest absolute Gasteiger partial charge is 0.507 e. The summed E-state index contributed by atoms with van der Waals surface area (Å²) < 4.78 is 5.21. The SMILES string of the molecule is COc1ccc(C(O)=C2C(=O)C(=O)N(CCN3CCNCC3)[C@@H]2c2ccc(C(C)(C)C)cc2)cc1. The van der Waals surface area contributed by atoms with E-state index in [1.807, 2.05) is 24.3 Å². The fraction of sp³-hybridized carbons (Fsp3) is 0.429. The van der Waals surface area contributed by atoms with Crippen LogP contribution in [0.3, 0.4) is 0 Å². The van der Waals surface area contributed by atoms with Gasteiger partial charge in [-0.3, -0.25) is 14.5 Å². The first-order valence-electron chi connectivity index (χ1n) is 12.2. The third kappa shape index (κ3) is 5.26. The van der Waals surface area contributed by atoms with Crippen LogP contribution < -0.4 is 10.1 Å². The van der Waals surface area contributed by atoms with Gasteiger partial charge in [0.25, 0.3) is 11.7 Å². The van der Waals surface area contributed by atoms with Gasteiger partial charge in [-0.1, -0.05) is 45.0 Å². The predicted molar refractivity (Wildman–Crippen MR) is 136 cm³/mol. The second kappa shape index (κ2) is 10.2. The fourth-order valence-corrected chi connectivity index (χ4v) is 4.71. The van der Waals surface area contributed by atoms with Gasteiger partial charge in [0.1, 0.15) is 11.5 Å². The van der Waals surface area contributed by atoms with E-state index < -0.39 is 17.7 Å². The lowest BCUT2D eigenvalue weighted by Gasteiger charge is -2.31. The van der Waals surface area contributed by atoms with Gasteiger partial charge in [-0.15, -0.1) is 0 Å². The zero-order valence-corrected chi connectivity index (χ0v) is 21.0. The number of ketones is 1. The van der Waals surface area contributed by atoms with Crippen molar-refractivity contribution in [2.24, 2.45) is 0 Å². The average Bonchev–Trinajstić information content (AvgIpc) is 3.12. The first-order chi connectivity index (χ1) is 16.7. The van der Waals surface area contributed by atoms with E-state index in [1.165, 1.54) is 0 Å². The Balaban J connectivity index is 1.74. The molecule has 1 atom stereocenters. The second-order valence-corrected chi connectivity index (χ2v) is 10.2. The maximum absolute atomic E-state index is 13.3. The lowest BCUT2D eigenvalue weighted by atomic mass is 9.85. The number of methoxy groups -OCH3 is 1. The first-order valence-corrected chi connectivity index (χ1v) is 12.2. The first kappa shape index (κ1) is 24.9. The molecule has 2 aromatic carbocycles. The molecule has 4 rings (SSSR count).